The monoisotopic (exact) mass is 649 g/mol. The number of aromatic nitrogens is 3. The highest BCUT2D eigenvalue weighted by molar-refractivity contribution is 6.36. The average Bonchev–Trinajstić information content (AvgIpc) is 3.40. The lowest BCUT2D eigenvalue weighted by Gasteiger charge is -2.33. The SMILES string of the molecule is CC(Oc1cc(-c2cnn(C3CCN(C(=O)OC(C)(C)C)CC3)c2)cnc1NC(=O)OC(C)(C)C)c1c(Cl)ccc(F)c1Cl. The Hall–Kier alpha value is -3.57. The van der Waals surface area contributed by atoms with E-state index in [4.69, 9.17) is 37.4 Å². The molecule has 3 aromatic rings. The van der Waals surface area contributed by atoms with Gasteiger partial charge < -0.3 is 19.1 Å². The molecule has 0 saturated carbocycles. The summed E-state index contributed by atoms with van der Waals surface area (Å²) in [5.74, 6) is -0.346. The molecule has 3 heterocycles. The highest BCUT2D eigenvalue weighted by Gasteiger charge is 2.28. The summed E-state index contributed by atoms with van der Waals surface area (Å²) >= 11 is 12.6. The van der Waals surface area contributed by atoms with Gasteiger partial charge in [-0.2, -0.15) is 5.10 Å². The van der Waals surface area contributed by atoms with E-state index in [9.17, 15) is 14.0 Å². The van der Waals surface area contributed by atoms with Gasteiger partial charge in [0.15, 0.2) is 11.6 Å². The fourth-order valence-electron chi connectivity index (χ4n) is 4.68. The van der Waals surface area contributed by atoms with Crippen molar-refractivity contribution in [3.8, 4) is 16.9 Å². The standard InChI is InChI=1S/C31H38Cl2FN5O5/c1-18(25-22(32)8-9-23(34)26(25)33)42-24-14-19(15-35-27(24)37-28(40)43-30(2,3)4)20-16-36-39(17-20)21-10-12-38(13-11-21)29(41)44-31(5,6)7/h8-9,14-18,21H,10-13H2,1-7H3,(H,35,37,40). The minimum absolute atomic E-state index is 0.0940. The molecule has 2 amide bonds. The lowest BCUT2D eigenvalue weighted by atomic mass is 10.1. The van der Waals surface area contributed by atoms with Crippen LogP contribution in [0.4, 0.5) is 19.8 Å². The first-order valence-corrected chi connectivity index (χ1v) is 15.1. The molecule has 1 N–H and O–H groups in total. The van der Waals surface area contributed by atoms with E-state index < -0.39 is 29.2 Å². The third kappa shape index (κ3) is 8.53. The van der Waals surface area contributed by atoms with Crippen LogP contribution in [0.25, 0.3) is 11.1 Å². The van der Waals surface area contributed by atoms with Crippen molar-refractivity contribution >= 4 is 41.2 Å². The van der Waals surface area contributed by atoms with E-state index in [1.54, 1.807) is 51.1 Å². The van der Waals surface area contributed by atoms with Crippen LogP contribution in [0, 0.1) is 5.82 Å². The molecule has 1 aromatic carbocycles. The third-order valence-corrected chi connectivity index (χ3v) is 7.40. The van der Waals surface area contributed by atoms with Crippen LogP contribution in [-0.2, 0) is 9.47 Å². The Morgan fingerprint density at radius 3 is 2.32 bits per heavy atom. The van der Waals surface area contributed by atoms with Gasteiger partial charge in [-0.1, -0.05) is 23.2 Å². The molecule has 1 aliphatic rings. The maximum atomic E-state index is 14.3. The topological polar surface area (TPSA) is 108 Å². The van der Waals surface area contributed by atoms with E-state index in [-0.39, 0.29) is 39.3 Å². The highest BCUT2D eigenvalue weighted by Crippen LogP contribution is 2.38. The van der Waals surface area contributed by atoms with Gasteiger partial charge in [-0.3, -0.25) is 10.00 Å². The normalized spacial score (nSPS) is 15.1. The number of benzene rings is 1. The Morgan fingerprint density at radius 1 is 1.02 bits per heavy atom. The first-order valence-electron chi connectivity index (χ1n) is 14.3. The molecule has 4 rings (SSSR count). The number of piperidine rings is 1. The van der Waals surface area contributed by atoms with Gasteiger partial charge in [0, 0.05) is 47.2 Å². The van der Waals surface area contributed by atoms with Gasteiger partial charge in [0.05, 0.1) is 17.3 Å². The molecule has 0 bridgehead atoms. The molecule has 1 unspecified atom stereocenters. The molecule has 238 valence electrons. The van der Waals surface area contributed by atoms with Crippen LogP contribution in [0.1, 0.15) is 79.0 Å². The molecule has 2 aromatic heterocycles. The van der Waals surface area contributed by atoms with Gasteiger partial charge >= 0.3 is 12.2 Å². The maximum absolute atomic E-state index is 14.3. The summed E-state index contributed by atoms with van der Waals surface area (Å²) < 4.78 is 33.2. The summed E-state index contributed by atoms with van der Waals surface area (Å²) in [6.07, 6.45) is 4.80. The van der Waals surface area contributed by atoms with Crippen LogP contribution in [0.5, 0.6) is 5.75 Å². The van der Waals surface area contributed by atoms with Crippen molar-refractivity contribution in [3.63, 3.8) is 0 Å². The molecule has 13 heteroatoms. The number of pyridine rings is 1. The number of anilines is 1. The second kappa shape index (κ2) is 13.2. The zero-order valence-electron chi connectivity index (χ0n) is 25.9. The molecule has 1 saturated heterocycles. The summed E-state index contributed by atoms with van der Waals surface area (Å²) in [4.78, 5) is 31.2. The number of rotatable bonds is 6. The number of ether oxygens (including phenoxy) is 3. The number of hydrogen-bond donors (Lipinski definition) is 1. The van der Waals surface area contributed by atoms with Crippen LogP contribution in [0.15, 0.2) is 36.8 Å². The van der Waals surface area contributed by atoms with Crippen LogP contribution in [0.2, 0.25) is 10.0 Å². The van der Waals surface area contributed by atoms with Crippen LogP contribution < -0.4 is 10.1 Å². The Balaban J connectivity index is 1.56. The average molecular weight is 651 g/mol. The Bertz CT molecular complexity index is 1510. The second-order valence-corrected chi connectivity index (χ2v) is 13.4. The van der Waals surface area contributed by atoms with E-state index in [1.807, 2.05) is 31.6 Å². The fraction of sp³-hybridized carbons (Fsp3) is 0.484. The number of likely N-dealkylation sites (tertiary alicyclic amines) is 1. The first-order chi connectivity index (χ1) is 20.5. The number of hydrogen-bond acceptors (Lipinski definition) is 7. The minimum atomic E-state index is -0.806. The summed E-state index contributed by atoms with van der Waals surface area (Å²) in [5, 5.41) is 7.27. The zero-order chi connectivity index (χ0) is 32.4. The number of carbonyl (C=O) groups excluding carboxylic acids is 2. The van der Waals surface area contributed by atoms with Gasteiger partial charge in [-0.25, -0.2) is 19.0 Å². The molecule has 0 spiro atoms. The molecule has 44 heavy (non-hydrogen) atoms. The maximum Gasteiger partial charge on any atom is 0.413 e. The van der Waals surface area contributed by atoms with Crippen molar-refractivity contribution in [2.45, 2.75) is 84.7 Å². The molecular formula is C31H38Cl2FN5O5. The smallest absolute Gasteiger partial charge is 0.413 e. The molecular weight excluding hydrogens is 612 g/mol. The molecule has 10 nitrogen and oxygen atoms in total. The molecule has 1 fully saturated rings. The van der Waals surface area contributed by atoms with E-state index >= 15 is 0 Å². The third-order valence-electron chi connectivity index (χ3n) is 6.69. The predicted molar refractivity (Wildman–Crippen MR) is 167 cm³/mol. The largest absolute Gasteiger partial charge is 0.482 e. The Labute approximate surface area is 266 Å². The van der Waals surface area contributed by atoms with Crippen molar-refractivity contribution in [2.75, 3.05) is 18.4 Å². The number of amides is 2. The molecule has 0 radical (unpaired) electrons. The highest BCUT2D eigenvalue weighted by atomic mass is 35.5. The summed E-state index contributed by atoms with van der Waals surface area (Å²) in [6, 6.07) is 4.37. The number of halogens is 3. The van der Waals surface area contributed by atoms with Gasteiger partial charge in [-0.05, 0) is 79.5 Å². The molecule has 0 aliphatic carbocycles. The van der Waals surface area contributed by atoms with E-state index in [0.717, 1.165) is 18.4 Å². The molecule has 1 aliphatic heterocycles. The van der Waals surface area contributed by atoms with Gasteiger partial charge in [0.2, 0.25) is 0 Å². The zero-order valence-corrected chi connectivity index (χ0v) is 27.4. The predicted octanol–water partition coefficient (Wildman–Crippen LogP) is 8.45. The van der Waals surface area contributed by atoms with Crippen LogP contribution in [0.3, 0.4) is 0 Å². The van der Waals surface area contributed by atoms with E-state index in [0.29, 0.717) is 18.7 Å². The van der Waals surface area contributed by atoms with E-state index in [2.05, 4.69) is 15.4 Å². The number of carbonyl (C=O) groups is 2. The van der Waals surface area contributed by atoms with Gasteiger partial charge in [0.25, 0.3) is 0 Å². The van der Waals surface area contributed by atoms with Crippen molar-refractivity contribution in [1.29, 1.82) is 0 Å². The molecule has 1 atom stereocenters. The second-order valence-electron chi connectivity index (χ2n) is 12.6. The van der Waals surface area contributed by atoms with Crippen LogP contribution >= 0.6 is 23.2 Å². The quantitative estimate of drug-likeness (QED) is 0.267. The van der Waals surface area contributed by atoms with Crippen molar-refractivity contribution in [2.24, 2.45) is 0 Å². The summed E-state index contributed by atoms with van der Waals surface area (Å²) in [5.41, 5.74) is 0.393. The lowest BCUT2D eigenvalue weighted by molar-refractivity contribution is 0.0184. The van der Waals surface area contributed by atoms with Crippen molar-refractivity contribution < 1.29 is 28.2 Å². The Morgan fingerprint density at radius 2 is 1.68 bits per heavy atom. The number of nitrogens with zero attached hydrogens (tertiary/aromatic N) is 4. The number of nitrogens with one attached hydrogen (secondary N) is 1. The minimum Gasteiger partial charge on any atom is -0.482 e. The lowest BCUT2D eigenvalue weighted by Crippen LogP contribution is -2.42. The first kappa shape index (κ1) is 33.3. The van der Waals surface area contributed by atoms with E-state index in [1.165, 1.54) is 12.1 Å². The summed E-state index contributed by atoms with van der Waals surface area (Å²) in [6.45, 7) is 13.6. The Kier molecular flexibility index (Phi) is 9.99. The van der Waals surface area contributed by atoms with Gasteiger partial charge in [0.1, 0.15) is 23.1 Å². The van der Waals surface area contributed by atoms with Crippen molar-refractivity contribution in [3.05, 3.63) is 58.2 Å². The van der Waals surface area contributed by atoms with Crippen LogP contribution in [-0.4, -0.2) is 56.1 Å². The van der Waals surface area contributed by atoms with Gasteiger partial charge in [-0.15, -0.1) is 0 Å². The van der Waals surface area contributed by atoms with Crippen molar-refractivity contribution in [1.82, 2.24) is 19.7 Å². The summed E-state index contributed by atoms with van der Waals surface area (Å²) in [7, 11) is 0. The fourth-order valence-corrected chi connectivity index (χ4v) is 5.36.